The minimum absolute atomic E-state index is 0.125. The van der Waals surface area contributed by atoms with E-state index in [0.29, 0.717) is 12.0 Å². The normalized spacial score (nSPS) is 21.2. The fraction of sp³-hybridized carbons (Fsp3) is 0.538. The summed E-state index contributed by atoms with van der Waals surface area (Å²) < 4.78 is 13.2. The molecule has 1 atom stereocenters. The van der Waals surface area contributed by atoms with E-state index in [0.717, 1.165) is 12.1 Å². The molecule has 0 radical (unpaired) electrons. The van der Waals surface area contributed by atoms with E-state index in [1.54, 1.807) is 12.1 Å². The highest BCUT2D eigenvalue weighted by molar-refractivity contribution is 5.33. The lowest BCUT2D eigenvalue weighted by Gasteiger charge is -2.18. The first-order valence-corrected chi connectivity index (χ1v) is 5.71. The Bertz CT molecular complexity index is 340. The van der Waals surface area contributed by atoms with Crippen LogP contribution in [0, 0.1) is 5.82 Å². The molecule has 15 heavy (non-hydrogen) atoms. The molecule has 1 aromatic carbocycles. The van der Waals surface area contributed by atoms with Crippen LogP contribution >= 0.6 is 0 Å². The van der Waals surface area contributed by atoms with Gasteiger partial charge < -0.3 is 5.32 Å². The first-order valence-electron chi connectivity index (χ1n) is 5.71. The summed E-state index contributed by atoms with van der Waals surface area (Å²) >= 11 is 0. The first-order chi connectivity index (χ1) is 7.18. The van der Waals surface area contributed by atoms with Crippen LogP contribution in [0.25, 0.3) is 0 Å². The zero-order chi connectivity index (χ0) is 10.8. The molecule has 1 heterocycles. The second kappa shape index (κ2) is 4.31. The van der Waals surface area contributed by atoms with Crippen LogP contribution in [0.2, 0.25) is 0 Å². The fourth-order valence-electron chi connectivity index (χ4n) is 2.31. The highest BCUT2D eigenvalue weighted by Gasteiger charge is 2.20. The zero-order valence-electron chi connectivity index (χ0n) is 9.39. The minimum atomic E-state index is -0.125. The summed E-state index contributed by atoms with van der Waals surface area (Å²) in [6, 6.07) is 5.62. The zero-order valence-corrected chi connectivity index (χ0v) is 9.39. The average Bonchev–Trinajstić information content (AvgIpc) is 2.70. The number of hydrogen-bond acceptors (Lipinski definition) is 1. The van der Waals surface area contributed by atoms with Crippen molar-refractivity contribution in [1.29, 1.82) is 0 Å². The number of nitrogens with one attached hydrogen (secondary N) is 1. The molecule has 1 N–H and O–H groups in total. The van der Waals surface area contributed by atoms with Gasteiger partial charge in [-0.05, 0) is 48.6 Å². The van der Waals surface area contributed by atoms with Gasteiger partial charge in [0.15, 0.2) is 0 Å². The molecular formula is C13H18FN. The van der Waals surface area contributed by atoms with E-state index in [-0.39, 0.29) is 5.82 Å². The molecular weight excluding hydrogens is 189 g/mol. The largest absolute Gasteiger partial charge is 0.310 e. The quantitative estimate of drug-likeness (QED) is 0.784. The predicted octanol–water partition coefficient (Wildman–Crippen LogP) is 3.37. The van der Waals surface area contributed by atoms with Crippen molar-refractivity contribution >= 4 is 0 Å². The van der Waals surface area contributed by atoms with Gasteiger partial charge in [-0.3, -0.25) is 0 Å². The van der Waals surface area contributed by atoms with Crippen LogP contribution in [-0.4, -0.2) is 6.54 Å². The van der Waals surface area contributed by atoms with Crippen molar-refractivity contribution in [3.63, 3.8) is 0 Å². The third kappa shape index (κ3) is 2.20. The summed E-state index contributed by atoms with van der Waals surface area (Å²) in [7, 11) is 0. The Labute approximate surface area is 90.7 Å². The average molecular weight is 207 g/mol. The van der Waals surface area contributed by atoms with Gasteiger partial charge in [0, 0.05) is 6.04 Å². The van der Waals surface area contributed by atoms with Gasteiger partial charge in [0.25, 0.3) is 0 Å². The lowest BCUT2D eigenvalue weighted by molar-refractivity contribution is 0.604. The highest BCUT2D eigenvalue weighted by Crippen LogP contribution is 2.30. The summed E-state index contributed by atoms with van der Waals surface area (Å²) in [5.74, 6) is 0.263. The maximum absolute atomic E-state index is 13.2. The van der Waals surface area contributed by atoms with E-state index < -0.39 is 0 Å². The molecule has 2 heteroatoms. The van der Waals surface area contributed by atoms with Gasteiger partial charge in [-0.2, -0.15) is 0 Å². The van der Waals surface area contributed by atoms with E-state index in [9.17, 15) is 4.39 Å². The molecule has 0 unspecified atom stereocenters. The third-order valence-electron chi connectivity index (χ3n) is 3.11. The topological polar surface area (TPSA) is 12.0 Å². The molecule has 0 aromatic heterocycles. The predicted molar refractivity (Wildman–Crippen MR) is 60.5 cm³/mol. The van der Waals surface area contributed by atoms with Crippen molar-refractivity contribution in [1.82, 2.24) is 5.32 Å². The van der Waals surface area contributed by atoms with E-state index >= 15 is 0 Å². The summed E-state index contributed by atoms with van der Waals surface area (Å²) in [6.07, 6.45) is 2.39. The third-order valence-corrected chi connectivity index (χ3v) is 3.11. The summed E-state index contributed by atoms with van der Waals surface area (Å²) in [6.45, 7) is 5.32. The Morgan fingerprint density at radius 1 is 1.40 bits per heavy atom. The van der Waals surface area contributed by atoms with Gasteiger partial charge in [-0.25, -0.2) is 4.39 Å². The van der Waals surface area contributed by atoms with Crippen LogP contribution in [0.1, 0.15) is 49.8 Å². The molecule has 82 valence electrons. The maximum atomic E-state index is 13.2. The van der Waals surface area contributed by atoms with Crippen molar-refractivity contribution in [2.75, 3.05) is 6.54 Å². The molecule has 1 saturated heterocycles. The van der Waals surface area contributed by atoms with E-state index in [2.05, 4.69) is 19.2 Å². The van der Waals surface area contributed by atoms with E-state index in [1.165, 1.54) is 18.4 Å². The van der Waals surface area contributed by atoms with Gasteiger partial charge in [0.05, 0.1) is 0 Å². The molecule has 0 saturated carbocycles. The van der Waals surface area contributed by atoms with Gasteiger partial charge in [-0.15, -0.1) is 0 Å². The molecule has 2 rings (SSSR count). The van der Waals surface area contributed by atoms with Crippen LogP contribution in [-0.2, 0) is 0 Å². The highest BCUT2D eigenvalue weighted by atomic mass is 19.1. The summed E-state index contributed by atoms with van der Waals surface area (Å²) in [5, 5.41) is 3.47. The van der Waals surface area contributed by atoms with Crippen LogP contribution < -0.4 is 5.32 Å². The Morgan fingerprint density at radius 2 is 2.20 bits per heavy atom. The Morgan fingerprint density at radius 3 is 2.80 bits per heavy atom. The number of benzene rings is 1. The Balaban J connectivity index is 2.36. The van der Waals surface area contributed by atoms with Crippen molar-refractivity contribution in [2.24, 2.45) is 0 Å². The van der Waals surface area contributed by atoms with Gasteiger partial charge in [0.1, 0.15) is 5.82 Å². The molecule has 1 nitrogen and oxygen atoms in total. The summed E-state index contributed by atoms with van der Waals surface area (Å²) in [5.41, 5.74) is 2.43. The standard InChI is InChI=1S/C13H18FN/c1-9(2)12-8-10(14)5-6-11(12)13-4-3-7-15-13/h5-6,8-9,13,15H,3-4,7H2,1-2H3/t13-/m0/s1. The van der Waals surface area contributed by atoms with Crippen molar-refractivity contribution in [3.8, 4) is 0 Å². The maximum Gasteiger partial charge on any atom is 0.123 e. The van der Waals surface area contributed by atoms with E-state index in [1.807, 2.05) is 6.07 Å². The smallest absolute Gasteiger partial charge is 0.123 e. The Hall–Kier alpha value is -0.890. The molecule has 1 fully saturated rings. The van der Waals surface area contributed by atoms with Crippen LogP contribution in [0.15, 0.2) is 18.2 Å². The molecule has 1 aliphatic heterocycles. The second-order valence-corrected chi connectivity index (χ2v) is 4.58. The number of halogens is 1. The molecule has 1 aliphatic rings. The van der Waals surface area contributed by atoms with Crippen LogP contribution in [0.4, 0.5) is 4.39 Å². The lowest BCUT2D eigenvalue weighted by atomic mass is 9.92. The first kappa shape index (κ1) is 10.6. The van der Waals surface area contributed by atoms with E-state index in [4.69, 9.17) is 0 Å². The Kier molecular flexibility index (Phi) is 3.06. The lowest BCUT2D eigenvalue weighted by Crippen LogP contribution is -2.15. The minimum Gasteiger partial charge on any atom is -0.310 e. The van der Waals surface area contributed by atoms with Gasteiger partial charge in [-0.1, -0.05) is 19.9 Å². The SMILES string of the molecule is CC(C)c1cc(F)ccc1[C@@H]1CCCN1. The fourth-order valence-corrected chi connectivity index (χ4v) is 2.31. The molecule has 0 spiro atoms. The number of hydrogen-bond donors (Lipinski definition) is 1. The van der Waals surface area contributed by atoms with Crippen molar-refractivity contribution in [3.05, 3.63) is 35.1 Å². The van der Waals surface area contributed by atoms with Crippen LogP contribution in [0.5, 0.6) is 0 Å². The van der Waals surface area contributed by atoms with Gasteiger partial charge in [0.2, 0.25) is 0 Å². The molecule has 1 aromatic rings. The summed E-state index contributed by atoms with van der Waals surface area (Å²) in [4.78, 5) is 0. The van der Waals surface area contributed by atoms with Gasteiger partial charge >= 0.3 is 0 Å². The van der Waals surface area contributed by atoms with Crippen molar-refractivity contribution in [2.45, 2.75) is 38.6 Å². The molecule has 0 amide bonds. The van der Waals surface area contributed by atoms with Crippen LogP contribution in [0.3, 0.4) is 0 Å². The molecule has 0 aliphatic carbocycles. The van der Waals surface area contributed by atoms with Crippen molar-refractivity contribution < 1.29 is 4.39 Å². The molecule has 0 bridgehead atoms. The second-order valence-electron chi connectivity index (χ2n) is 4.58. The number of rotatable bonds is 2. The monoisotopic (exact) mass is 207 g/mol.